The van der Waals surface area contributed by atoms with E-state index in [4.69, 9.17) is 37.9 Å². The second-order valence-corrected chi connectivity index (χ2v) is 10.2. The smallest absolute Gasteiger partial charge is 0.232 e. The van der Waals surface area contributed by atoms with Crippen molar-refractivity contribution in [1.29, 1.82) is 0 Å². The van der Waals surface area contributed by atoms with Crippen molar-refractivity contribution in [2.24, 2.45) is 22.9 Å². The van der Waals surface area contributed by atoms with Crippen LogP contribution in [0, 0.1) is 0 Å². The van der Waals surface area contributed by atoms with E-state index in [1.54, 1.807) is 0 Å². The average molecular weight is 467 g/mol. The summed E-state index contributed by atoms with van der Waals surface area (Å²) in [6.45, 7) is 4.55. The molecule has 1 aromatic heterocycles. The van der Waals surface area contributed by atoms with Gasteiger partial charge in [0.05, 0.1) is 0 Å². The number of anilines is 3. The molecule has 10 heteroatoms. The molecule has 3 aliphatic rings. The Balaban J connectivity index is 1.40. The molecule has 8 N–H and O–H groups in total. The van der Waals surface area contributed by atoms with Crippen LogP contribution in [0.15, 0.2) is 30.3 Å². The lowest BCUT2D eigenvalue weighted by molar-refractivity contribution is 0.440. The molecule has 0 bridgehead atoms. The monoisotopic (exact) mass is 466 g/mol. The quantitative estimate of drug-likeness (QED) is 0.484. The molecule has 0 amide bonds. The van der Waals surface area contributed by atoms with Crippen molar-refractivity contribution in [3.05, 3.63) is 35.9 Å². The van der Waals surface area contributed by atoms with Crippen LogP contribution in [0.5, 0.6) is 0 Å². The van der Waals surface area contributed by atoms with Crippen LogP contribution in [-0.2, 0) is 0 Å². The van der Waals surface area contributed by atoms with Crippen LogP contribution in [0.25, 0.3) is 0 Å². The fraction of sp³-hybridized carbons (Fsp3) is 0.625. The fourth-order valence-corrected chi connectivity index (χ4v) is 5.59. The normalized spacial score (nSPS) is 28.9. The largest absolute Gasteiger partial charge is 0.341 e. The summed E-state index contributed by atoms with van der Waals surface area (Å²) in [5.41, 5.74) is 26.5. The molecule has 3 fully saturated rings. The van der Waals surface area contributed by atoms with Gasteiger partial charge in [-0.15, -0.1) is 0 Å². The molecular formula is C24H38N10. The molecule has 10 nitrogen and oxygen atoms in total. The highest BCUT2D eigenvalue weighted by Crippen LogP contribution is 2.31. The first-order chi connectivity index (χ1) is 16.4. The molecule has 0 aliphatic carbocycles. The third-order valence-corrected chi connectivity index (χ3v) is 7.25. The maximum Gasteiger partial charge on any atom is 0.232 e. The Kier molecular flexibility index (Phi) is 6.82. The maximum atomic E-state index is 6.27. The van der Waals surface area contributed by atoms with E-state index in [1.807, 2.05) is 0 Å². The third-order valence-electron chi connectivity index (χ3n) is 7.25. The van der Waals surface area contributed by atoms with Gasteiger partial charge in [0.15, 0.2) is 0 Å². The van der Waals surface area contributed by atoms with Crippen LogP contribution in [0.3, 0.4) is 0 Å². The summed E-state index contributed by atoms with van der Waals surface area (Å²) in [6, 6.07) is 10.8. The van der Waals surface area contributed by atoms with E-state index >= 15 is 0 Å². The van der Waals surface area contributed by atoms with E-state index < -0.39 is 0 Å². The van der Waals surface area contributed by atoms with Gasteiger partial charge in [0.25, 0.3) is 0 Å². The zero-order chi connectivity index (χ0) is 23.7. The lowest BCUT2D eigenvalue weighted by Gasteiger charge is -2.38. The standard InChI is InChI=1S/C24H38N10/c25-18-10-19(26)13-33(12-18)23-29-22(30-24(31-23)34-14-20(27)11-21(28)15-34)32-8-6-17(7-9-32)16-4-2-1-3-5-16/h1-5,17-21H,6-15,25-28H2/t18-,19+,20-,21+. The number of hydrogen-bond acceptors (Lipinski definition) is 10. The summed E-state index contributed by atoms with van der Waals surface area (Å²) in [5, 5.41) is 0. The highest BCUT2D eigenvalue weighted by molar-refractivity contribution is 5.48. The van der Waals surface area contributed by atoms with Gasteiger partial charge in [-0.1, -0.05) is 30.3 Å². The van der Waals surface area contributed by atoms with Gasteiger partial charge < -0.3 is 37.6 Å². The molecule has 0 radical (unpaired) electrons. The Morgan fingerprint density at radius 3 is 1.44 bits per heavy atom. The van der Waals surface area contributed by atoms with E-state index in [0.29, 0.717) is 49.9 Å². The first-order valence-electron chi connectivity index (χ1n) is 12.5. The molecule has 4 heterocycles. The van der Waals surface area contributed by atoms with Crippen LogP contribution in [-0.4, -0.2) is 78.4 Å². The number of rotatable bonds is 4. The Hall–Kier alpha value is -2.53. The van der Waals surface area contributed by atoms with Gasteiger partial charge in [-0.3, -0.25) is 0 Å². The lowest BCUT2D eigenvalue weighted by atomic mass is 9.90. The molecule has 3 saturated heterocycles. The van der Waals surface area contributed by atoms with Gasteiger partial charge >= 0.3 is 0 Å². The molecular weight excluding hydrogens is 428 g/mol. The molecule has 0 saturated carbocycles. The summed E-state index contributed by atoms with van der Waals surface area (Å²) < 4.78 is 0. The first kappa shape index (κ1) is 23.2. The predicted octanol–water partition coefficient (Wildman–Crippen LogP) is -0.0150. The van der Waals surface area contributed by atoms with Gasteiger partial charge in [0.2, 0.25) is 17.8 Å². The summed E-state index contributed by atoms with van der Waals surface area (Å²) in [4.78, 5) is 21.2. The molecule has 1 aromatic carbocycles. The van der Waals surface area contributed by atoms with Crippen molar-refractivity contribution in [2.45, 2.75) is 55.8 Å². The highest BCUT2D eigenvalue weighted by atomic mass is 15.4. The molecule has 5 rings (SSSR count). The van der Waals surface area contributed by atoms with Crippen LogP contribution in [0.2, 0.25) is 0 Å². The van der Waals surface area contributed by atoms with Crippen molar-refractivity contribution in [1.82, 2.24) is 15.0 Å². The number of aromatic nitrogens is 3. The van der Waals surface area contributed by atoms with Crippen LogP contribution in [0.1, 0.15) is 37.2 Å². The minimum atomic E-state index is 0.00543. The number of nitrogens with zero attached hydrogens (tertiary/aromatic N) is 6. The number of nitrogens with two attached hydrogens (primary N) is 4. The van der Waals surface area contributed by atoms with Crippen LogP contribution in [0.4, 0.5) is 17.8 Å². The Morgan fingerprint density at radius 1 is 0.588 bits per heavy atom. The Morgan fingerprint density at radius 2 is 1.00 bits per heavy atom. The fourth-order valence-electron chi connectivity index (χ4n) is 5.59. The summed E-state index contributed by atoms with van der Waals surface area (Å²) in [6.07, 6.45) is 3.76. The molecule has 34 heavy (non-hydrogen) atoms. The third kappa shape index (κ3) is 5.25. The van der Waals surface area contributed by atoms with Crippen molar-refractivity contribution >= 4 is 17.8 Å². The zero-order valence-corrected chi connectivity index (χ0v) is 19.8. The summed E-state index contributed by atoms with van der Waals surface area (Å²) in [5.74, 6) is 2.56. The first-order valence-corrected chi connectivity index (χ1v) is 12.5. The van der Waals surface area contributed by atoms with Crippen molar-refractivity contribution in [3.63, 3.8) is 0 Å². The molecule has 0 spiro atoms. The highest BCUT2D eigenvalue weighted by Gasteiger charge is 2.30. The van der Waals surface area contributed by atoms with Gasteiger partial charge in [-0.2, -0.15) is 15.0 Å². The molecule has 4 atom stereocenters. The second kappa shape index (κ2) is 9.99. The van der Waals surface area contributed by atoms with Gasteiger partial charge in [-0.25, -0.2) is 0 Å². The van der Waals surface area contributed by atoms with Gasteiger partial charge in [0, 0.05) is 63.4 Å². The van der Waals surface area contributed by atoms with E-state index in [-0.39, 0.29) is 24.2 Å². The second-order valence-electron chi connectivity index (χ2n) is 10.2. The van der Waals surface area contributed by atoms with E-state index in [1.165, 1.54) is 5.56 Å². The zero-order valence-electron chi connectivity index (χ0n) is 19.8. The molecule has 2 aromatic rings. The molecule has 184 valence electrons. The number of hydrogen-bond donors (Lipinski definition) is 4. The van der Waals surface area contributed by atoms with E-state index in [2.05, 4.69) is 45.0 Å². The van der Waals surface area contributed by atoms with E-state index in [9.17, 15) is 0 Å². The number of benzene rings is 1. The lowest BCUT2D eigenvalue weighted by Crippen LogP contribution is -2.54. The van der Waals surface area contributed by atoms with Gasteiger partial charge in [-0.05, 0) is 37.2 Å². The van der Waals surface area contributed by atoms with Gasteiger partial charge in [0.1, 0.15) is 0 Å². The van der Waals surface area contributed by atoms with Crippen LogP contribution >= 0.6 is 0 Å². The SMILES string of the molecule is N[C@@H]1C[C@H](N)CN(c2nc(N3CCC(c4ccccc4)CC3)nc(N3C[C@H](N)C[C@H](N)C3)n2)C1. The Bertz CT molecular complexity index is 884. The van der Waals surface area contributed by atoms with Crippen molar-refractivity contribution in [3.8, 4) is 0 Å². The Labute approximate surface area is 201 Å². The minimum Gasteiger partial charge on any atom is -0.341 e. The number of piperidine rings is 3. The maximum absolute atomic E-state index is 6.27. The van der Waals surface area contributed by atoms with Crippen LogP contribution < -0.4 is 37.6 Å². The average Bonchev–Trinajstić information content (AvgIpc) is 2.83. The van der Waals surface area contributed by atoms with Crippen molar-refractivity contribution in [2.75, 3.05) is 54.0 Å². The van der Waals surface area contributed by atoms with E-state index in [0.717, 1.165) is 38.8 Å². The minimum absolute atomic E-state index is 0.00543. The van der Waals surface area contributed by atoms with Crippen molar-refractivity contribution < 1.29 is 0 Å². The summed E-state index contributed by atoms with van der Waals surface area (Å²) >= 11 is 0. The molecule has 0 unspecified atom stereocenters. The predicted molar refractivity (Wildman–Crippen MR) is 136 cm³/mol. The summed E-state index contributed by atoms with van der Waals surface area (Å²) in [7, 11) is 0. The topological polar surface area (TPSA) is 152 Å². The molecule has 3 aliphatic heterocycles.